The molecule has 0 bridgehead atoms. The second-order valence-electron chi connectivity index (χ2n) is 4.96. The van der Waals surface area contributed by atoms with Crippen molar-refractivity contribution in [3.05, 3.63) is 34.9 Å². The normalized spacial score (nSPS) is 13.6. The minimum atomic E-state index is -0.0305. The predicted octanol–water partition coefficient (Wildman–Crippen LogP) is 1.87. The van der Waals surface area contributed by atoms with E-state index in [2.05, 4.69) is 17.2 Å². The molecule has 19 heavy (non-hydrogen) atoms. The van der Waals surface area contributed by atoms with Gasteiger partial charge in [0.1, 0.15) is 0 Å². The molecular formula is C16H19NO2. The lowest BCUT2D eigenvalue weighted by molar-refractivity contribution is 0.0952. The van der Waals surface area contributed by atoms with Crippen LogP contribution in [-0.4, -0.2) is 24.2 Å². The van der Waals surface area contributed by atoms with E-state index in [0.29, 0.717) is 17.9 Å². The first kappa shape index (κ1) is 13.6. The highest BCUT2D eigenvalue weighted by Gasteiger charge is 2.21. The third-order valence-electron chi connectivity index (χ3n) is 3.21. The molecule has 0 spiro atoms. The van der Waals surface area contributed by atoms with Gasteiger partial charge in [-0.3, -0.25) is 4.79 Å². The number of aliphatic hydroxyl groups is 1. The van der Waals surface area contributed by atoms with Gasteiger partial charge in [0.05, 0.1) is 6.61 Å². The van der Waals surface area contributed by atoms with Gasteiger partial charge in [0.15, 0.2) is 0 Å². The van der Waals surface area contributed by atoms with Gasteiger partial charge in [0, 0.05) is 24.1 Å². The number of carbonyl (C=O) groups is 1. The number of amides is 1. The molecule has 0 saturated heterocycles. The van der Waals surface area contributed by atoms with E-state index in [1.54, 1.807) is 0 Å². The first-order valence-electron chi connectivity index (χ1n) is 6.69. The topological polar surface area (TPSA) is 49.3 Å². The number of nitrogens with one attached hydrogen (secondary N) is 1. The summed E-state index contributed by atoms with van der Waals surface area (Å²) in [7, 11) is 0. The lowest BCUT2D eigenvalue weighted by Gasteiger charge is -2.06. The first-order valence-corrected chi connectivity index (χ1v) is 6.69. The molecule has 1 aliphatic carbocycles. The molecule has 1 amide bonds. The number of hydrogen-bond donors (Lipinski definition) is 2. The number of aryl methyl sites for hydroxylation is 1. The zero-order valence-corrected chi connectivity index (χ0v) is 11.2. The van der Waals surface area contributed by atoms with Gasteiger partial charge in [0.25, 0.3) is 5.91 Å². The molecule has 3 nitrogen and oxygen atoms in total. The van der Waals surface area contributed by atoms with E-state index in [0.717, 1.165) is 17.7 Å². The Hall–Kier alpha value is -1.79. The maximum absolute atomic E-state index is 12.0. The number of carbonyl (C=O) groups excluding carboxylic acids is 1. The fraction of sp³-hybridized carbons (Fsp3) is 0.438. The number of benzene rings is 1. The monoisotopic (exact) mass is 257 g/mol. The average Bonchev–Trinajstić information content (AvgIpc) is 3.22. The predicted molar refractivity (Wildman–Crippen MR) is 74.8 cm³/mol. The van der Waals surface area contributed by atoms with Gasteiger partial charge in [-0.2, -0.15) is 0 Å². The van der Waals surface area contributed by atoms with Crippen LogP contribution >= 0.6 is 0 Å². The van der Waals surface area contributed by atoms with Crippen molar-refractivity contribution in [1.82, 2.24) is 5.32 Å². The minimum absolute atomic E-state index is 0.0305. The van der Waals surface area contributed by atoms with E-state index in [1.165, 1.54) is 12.8 Å². The van der Waals surface area contributed by atoms with Gasteiger partial charge in [-0.1, -0.05) is 17.9 Å². The van der Waals surface area contributed by atoms with E-state index in [4.69, 9.17) is 5.11 Å². The van der Waals surface area contributed by atoms with Gasteiger partial charge >= 0.3 is 0 Å². The van der Waals surface area contributed by atoms with Gasteiger partial charge in [-0.15, -0.1) is 0 Å². The quantitative estimate of drug-likeness (QED) is 0.809. The molecule has 2 N–H and O–H groups in total. The Bertz CT molecular complexity index is 521. The first-order chi connectivity index (χ1) is 9.20. The van der Waals surface area contributed by atoms with Gasteiger partial charge < -0.3 is 10.4 Å². The largest absolute Gasteiger partial charge is 0.395 e. The van der Waals surface area contributed by atoms with Crippen LogP contribution in [0.3, 0.4) is 0 Å². The van der Waals surface area contributed by atoms with Crippen molar-refractivity contribution in [2.45, 2.75) is 26.2 Å². The summed E-state index contributed by atoms with van der Waals surface area (Å²) in [5, 5.41) is 11.7. The molecule has 0 unspecified atom stereocenters. The average molecular weight is 257 g/mol. The van der Waals surface area contributed by atoms with Crippen molar-refractivity contribution in [3.8, 4) is 11.8 Å². The third kappa shape index (κ3) is 4.11. The highest BCUT2D eigenvalue weighted by molar-refractivity contribution is 5.94. The van der Waals surface area contributed by atoms with Crippen LogP contribution in [-0.2, 0) is 0 Å². The van der Waals surface area contributed by atoms with E-state index in [9.17, 15) is 4.79 Å². The summed E-state index contributed by atoms with van der Waals surface area (Å²) in [6.45, 7) is 2.81. The van der Waals surface area contributed by atoms with Gasteiger partial charge in [-0.25, -0.2) is 0 Å². The highest BCUT2D eigenvalue weighted by atomic mass is 16.2. The van der Waals surface area contributed by atoms with Crippen LogP contribution in [0.4, 0.5) is 0 Å². The Morgan fingerprint density at radius 3 is 2.95 bits per heavy atom. The molecule has 3 heteroatoms. The molecule has 0 heterocycles. The van der Waals surface area contributed by atoms with Crippen LogP contribution in [0.2, 0.25) is 0 Å². The van der Waals surface area contributed by atoms with Crippen molar-refractivity contribution in [3.63, 3.8) is 0 Å². The van der Waals surface area contributed by atoms with Gasteiger partial charge in [0.2, 0.25) is 0 Å². The summed E-state index contributed by atoms with van der Waals surface area (Å²) in [5.41, 5.74) is 2.55. The van der Waals surface area contributed by atoms with Crippen LogP contribution < -0.4 is 5.32 Å². The summed E-state index contributed by atoms with van der Waals surface area (Å²) >= 11 is 0. The highest BCUT2D eigenvalue weighted by Crippen LogP contribution is 2.27. The number of aliphatic hydroxyl groups excluding tert-OH is 1. The van der Waals surface area contributed by atoms with E-state index >= 15 is 0 Å². The molecular weight excluding hydrogens is 238 g/mol. The van der Waals surface area contributed by atoms with Crippen LogP contribution in [0, 0.1) is 24.7 Å². The molecule has 1 saturated carbocycles. The Balaban J connectivity index is 2.06. The molecule has 100 valence electrons. The summed E-state index contributed by atoms with van der Waals surface area (Å²) in [6, 6.07) is 5.56. The molecule has 1 aliphatic rings. The molecule has 1 aromatic rings. The molecule has 1 fully saturated rings. The SMILES string of the molecule is Cc1ccc(C(=O)NCC2CC2)cc1C#CCCO. The van der Waals surface area contributed by atoms with E-state index in [-0.39, 0.29) is 12.5 Å². The summed E-state index contributed by atoms with van der Waals surface area (Å²) in [4.78, 5) is 12.0. The van der Waals surface area contributed by atoms with Crippen molar-refractivity contribution in [2.75, 3.05) is 13.2 Å². The fourth-order valence-electron chi connectivity index (χ4n) is 1.77. The van der Waals surface area contributed by atoms with Crippen LogP contribution in [0.15, 0.2) is 18.2 Å². The van der Waals surface area contributed by atoms with Crippen LogP contribution in [0.1, 0.15) is 40.7 Å². The van der Waals surface area contributed by atoms with E-state index < -0.39 is 0 Å². The summed E-state index contributed by atoms with van der Waals surface area (Å²) < 4.78 is 0. The van der Waals surface area contributed by atoms with E-state index in [1.807, 2.05) is 25.1 Å². The van der Waals surface area contributed by atoms with Crippen molar-refractivity contribution < 1.29 is 9.90 Å². The van der Waals surface area contributed by atoms with Crippen molar-refractivity contribution in [1.29, 1.82) is 0 Å². The smallest absolute Gasteiger partial charge is 0.251 e. The number of rotatable bonds is 4. The lowest BCUT2D eigenvalue weighted by atomic mass is 10.0. The minimum Gasteiger partial charge on any atom is -0.395 e. The maximum atomic E-state index is 12.0. The standard InChI is InChI=1S/C16H19NO2/c1-12-5-8-15(10-14(12)4-2-3-9-18)16(19)17-11-13-6-7-13/h5,8,10,13,18H,3,6-7,9,11H2,1H3,(H,17,19). The van der Waals surface area contributed by atoms with Crippen LogP contribution in [0.5, 0.6) is 0 Å². The van der Waals surface area contributed by atoms with Crippen molar-refractivity contribution >= 4 is 5.91 Å². The second-order valence-corrected chi connectivity index (χ2v) is 4.96. The maximum Gasteiger partial charge on any atom is 0.251 e. The third-order valence-corrected chi connectivity index (χ3v) is 3.21. The van der Waals surface area contributed by atoms with Crippen LogP contribution in [0.25, 0.3) is 0 Å². The Morgan fingerprint density at radius 1 is 1.47 bits per heavy atom. The zero-order chi connectivity index (χ0) is 13.7. The molecule has 2 rings (SSSR count). The lowest BCUT2D eigenvalue weighted by Crippen LogP contribution is -2.25. The molecule has 0 aliphatic heterocycles. The summed E-state index contributed by atoms with van der Waals surface area (Å²) in [6.07, 6.45) is 2.91. The Labute approximate surface area is 114 Å². The molecule has 0 aromatic heterocycles. The van der Waals surface area contributed by atoms with Gasteiger partial charge in [-0.05, 0) is 43.4 Å². The zero-order valence-electron chi connectivity index (χ0n) is 11.2. The Kier molecular flexibility index (Phi) is 4.59. The second kappa shape index (κ2) is 6.40. The fourth-order valence-corrected chi connectivity index (χ4v) is 1.77. The molecule has 0 atom stereocenters. The number of hydrogen-bond acceptors (Lipinski definition) is 2. The van der Waals surface area contributed by atoms with Crippen molar-refractivity contribution in [2.24, 2.45) is 5.92 Å². The summed E-state index contributed by atoms with van der Waals surface area (Å²) in [5.74, 6) is 6.53. The Morgan fingerprint density at radius 2 is 2.26 bits per heavy atom. The molecule has 1 aromatic carbocycles. The molecule has 0 radical (unpaired) electrons.